The van der Waals surface area contributed by atoms with Crippen molar-refractivity contribution in [3.8, 4) is 0 Å². The third-order valence-corrected chi connectivity index (χ3v) is 6.13. The number of fused-ring (bicyclic) bond motifs is 1. The summed E-state index contributed by atoms with van der Waals surface area (Å²) in [5, 5.41) is 14.3. The van der Waals surface area contributed by atoms with Crippen molar-refractivity contribution in [3.05, 3.63) is 97.2 Å². The van der Waals surface area contributed by atoms with E-state index in [4.69, 9.17) is 4.74 Å². The summed E-state index contributed by atoms with van der Waals surface area (Å²) in [6, 6.07) is 9.67. The largest absolute Gasteiger partial charge is 0.466 e. The molecule has 3 heterocycles. The molecule has 1 aromatic carbocycles. The normalized spacial score (nSPS) is 14.9. The molecule has 4 rings (SSSR count). The summed E-state index contributed by atoms with van der Waals surface area (Å²) in [5.41, 5.74) is 2.37. The molecular weight excluding hydrogens is 446 g/mol. The molecule has 0 aliphatic carbocycles. The molecule has 0 bridgehead atoms. The Balaban J connectivity index is 1.68. The number of nitrogens with zero attached hydrogens (tertiary/aromatic N) is 3. The van der Waals surface area contributed by atoms with Crippen LogP contribution in [0.1, 0.15) is 29.5 Å². The number of anilines is 1. The van der Waals surface area contributed by atoms with E-state index >= 15 is 0 Å². The average Bonchev–Trinajstić information content (AvgIpc) is 2.82. The maximum Gasteiger partial charge on any atom is 0.336 e. The minimum atomic E-state index is -0.665. The number of aromatic amines is 1. The number of methoxy groups -OCH3 is 1. The van der Waals surface area contributed by atoms with E-state index in [1.54, 1.807) is 43.6 Å². The van der Waals surface area contributed by atoms with Gasteiger partial charge in [-0.3, -0.25) is 19.9 Å². The zero-order valence-corrected chi connectivity index (χ0v) is 18.5. The lowest BCUT2D eigenvalue weighted by Crippen LogP contribution is -2.31. The maximum absolute atomic E-state index is 13.1. The second-order valence-electron chi connectivity index (χ2n) is 7.21. The van der Waals surface area contributed by atoms with E-state index in [2.05, 4.69) is 20.3 Å². The SMILES string of the molecule is COC(=O)C1=C(C)Nc2nc(SCc3ccc([N+](=O)[O-])cc3)[nH]c(=O)c2C1c1ccncc1. The molecule has 0 saturated carbocycles. The minimum Gasteiger partial charge on any atom is -0.466 e. The number of carbonyl (C=O) groups is 1. The number of hydrogen-bond donors (Lipinski definition) is 2. The minimum absolute atomic E-state index is 0.0130. The number of hydrogen-bond acceptors (Lipinski definition) is 9. The van der Waals surface area contributed by atoms with Gasteiger partial charge < -0.3 is 15.0 Å². The molecule has 168 valence electrons. The number of esters is 1. The molecule has 1 atom stereocenters. The first-order valence-electron chi connectivity index (χ1n) is 9.85. The third kappa shape index (κ3) is 4.48. The first-order chi connectivity index (χ1) is 15.9. The van der Waals surface area contributed by atoms with Crippen LogP contribution in [0.2, 0.25) is 0 Å². The zero-order chi connectivity index (χ0) is 23.5. The van der Waals surface area contributed by atoms with Crippen LogP contribution in [0.3, 0.4) is 0 Å². The number of nitrogens with one attached hydrogen (secondary N) is 2. The Kier molecular flexibility index (Phi) is 6.22. The molecular formula is C22H19N5O5S. The van der Waals surface area contributed by atoms with E-state index in [0.29, 0.717) is 39.1 Å². The highest BCUT2D eigenvalue weighted by molar-refractivity contribution is 7.98. The van der Waals surface area contributed by atoms with Crippen molar-refractivity contribution in [2.24, 2.45) is 0 Å². The Morgan fingerprint density at radius 3 is 2.55 bits per heavy atom. The Hall–Kier alpha value is -3.99. The first-order valence-corrected chi connectivity index (χ1v) is 10.8. The number of carbonyl (C=O) groups excluding carboxylic acids is 1. The maximum atomic E-state index is 13.1. The predicted molar refractivity (Wildman–Crippen MR) is 122 cm³/mol. The van der Waals surface area contributed by atoms with Gasteiger partial charge in [0.05, 0.1) is 29.1 Å². The number of ether oxygens (including phenoxy) is 1. The van der Waals surface area contributed by atoms with Crippen molar-refractivity contribution in [1.29, 1.82) is 0 Å². The molecule has 2 aromatic heterocycles. The molecule has 0 radical (unpaired) electrons. The number of thioether (sulfide) groups is 1. The number of aromatic nitrogens is 3. The van der Waals surface area contributed by atoms with Gasteiger partial charge in [0.1, 0.15) is 5.82 Å². The molecule has 3 aromatic rings. The van der Waals surface area contributed by atoms with Crippen LogP contribution in [0.15, 0.2) is 70.0 Å². The molecule has 0 amide bonds. The molecule has 1 unspecified atom stereocenters. The van der Waals surface area contributed by atoms with Gasteiger partial charge >= 0.3 is 5.97 Å². The van der Waals surface area contributed by atoms with Crippen LogP contribution in [0.5, 0.6) is 0 Å². The summed E-state index contributed by atoms with van der Waals surface area (Å²) in [4.78, 5) is 47.4. The van der Waals surface area contributed by atoms with Gasteiger partial charge in [-0.1, -0.05) is 23.9 Å². The lowest BCUT2D eigenvalue weighted by molar-refractivity contribution is -0.384. The summed E-state index contributed by atoms with van der Waals surface area (Å²) < 4.78 is 4.97. The molecule has 2 N–H and O–H groups in total. The molecule has 0 spiro atoms. The number of non-ortho nitro benzene ring substituents is 1. The Labute approximate surface area is 192 Å². The molecule has 33 heavy (non-hydrogen) atoms. The fourth-order valence-corrected chi connectivity index (χ4v) is 4.45. The van der Waals surface area contributed by atoms with Crippen LogP contribution in [0, 0.1) is 10.1 Å². The fourth-order valence-electron chi connectivity index (χ4n) is 3.63. The van der Waals surface area contributed by atoms with Gasteiger partial charge in [-0.05, 0) is 30.2 Å². The number of nitro groups is 1. The molecule has 0 fully saturated rings. The summed E-state index contributed by atoms with van der Waals surface area (Å²) >= 11 is 1.29. The number of allylic oxidation sites excluding steroid dienone is 1. The predicted octanol–water partition coefficient (Wildman–Crippen LogP) is 3.37. The van der Waals surface area contributed by atoms with Crippen LogP contribution >= 0.6 is 11.8 Å². The van der Waals surface area contributed by atoms with Crippen molar-refractivity contribution in [1.82, 2.24) is 15.0 Å². The average molecular weight is 465 g/mol. The first kappa shape index (κ1) is 22.2. The van der Waals surface area contributed by atoms with Crippen LogP contribution < -0.4 is 10.9 Å². The van der Waals surface area contributed by atoms with Crippen LogP contribution in [0.4, 0.5) is 11.5 Å². The smallest absolute Gasteiger partial charge is 0.336 e. The molecule has 1 aliphatic heterocycles. The highest BCUT2D eigenvalue weighted by Gasteiger charge is 2.36. The summed E-state index contributed by atoms with van der Waals surface area (Å²) in [6.07, 6.45) is 3.19. The monoisotopic (exact) mass is 465 g/mol. The van der Waals surface area contributed by atoms with E-state index in [1.165, 1.54) is 31.0 Å². The van der Waals surface area contributed by atoms with Crippen molar-refractivity contribution in [2.75, 3.05) is 12.4 Å². The standard InChI is InChI=1S/C22H19N5O5S/c1-12-16(21(29)32-2)17(14-7-9-23-10-8-14)18-19(24-12)25-22(26-20(18)28)33-11-13-3-5-15(6-4-13)27(30)31/h3-10,17H,11H2,1-2H3,(H2,24,25,26,28). The van der Waals surface area contributed by atoms with Gasteiger partial charge in [-0.2, -0.15) is 0 Å². The Bertz CT molecular complexity index is 1310. The lowest BCUT2D eigenvalue weighted by atomic mass is 9.83. The van der Waals surface area contributed by atoms with Gasteiger partial charge in [0.2, 0.25) is 0 Å². The van der Waals surface area contributed by atoms with Crippen molar-refractivity contribution < 1.29 is 14.5 Å². The highest BCUT2D eigenvalue weighted by atomic mass is 32.2. The van der Waals surface area contributed by atoms with E-state index in [-0.39, 0.29) is 11.2 Å². The highest BCUT2D eigenvalue weighted by Crippen LogP contribution is 2.39. The summed E-state index contributed by atoms with van der Waals surface area (Å²) in [6.45, 7) is 1.73. The molecule has 0 saturated heterocycles. The number of pyridine rings is 1. The van der Waals surface area contributed by atoms with Crippen molar-refractivity contribution >= 4 is 29.2 Å². The molecule has 10 nitrogen and oxygen atoms in total. The van der Waals surface area contributed by atoms with E-state index < -0.39 is 16.8 Å². The lowest BCUT2D eigenvalue weighted by Gasteiger charge is -2.28. The molecule has 1 aliphatic rings. The van der Waals surface area contributed by atoms with Crippen molar-refractivity contribution in [3.63, 3.8) is 0 Å². The van der Waals surface area contributed by atoms with Crippen LogP contribution in [0.25, 0.3) is 0 Å². The Morgan fingerprint density at radius 1 is 1.21 bits per heavy atom. The quantitative estimate of drug-likeness (QED) is 0.184. The number of rotatable bonds is 6. The summed E-state index contributed by atoms with van der Waals surface area (Å²) in [7, 11) is 1.29. The van der Waals surface area contributed by atoms with Gasteiger partial charge in [0.25, 0.3) is 11.2 Å². The molecule has 11 heteroatoms. The number of H-pyrrole nitrogens is 1. The van der Waals surface area contributed by atoms with Crippen LogP contribution in [-0.2, 0) is 15.3 Å². The second-order valence-corrected chi connectivity index (χ2v) is 8.18. The zero-order valence-electron chi connectivity index (χ0n) is 17.7. The van der Waals surface area contributed by atoms with Crippen LogP contribution in [-0.4, -0.2) is 33.0 Å². The van der Waals surface area contributed by atoms with Crippen molar-refractivity contribution in [2.45, 2.75) is 23.8 Å². The van der Waals surface area contributed by atoms with Gasteiger partial charge in [-0.15, -0.1) is 0 Å². The van der Waals surface area contributed by atoms with Gasteiger partial charge in [0.15, 0.2) is 5.16 Å². The van der Waals surface area contributed by atoms with E-state index in [1.807, 2.05) is 0 Å². The summed E-state index contributed by atoms with van der Waals surface area (Å²) in [5.74, 6) is -0.391. The van der Waals surface area contributed by atoms with E-state index in [0.717, 1.165) is 5.56 Å². The Morgan fingerprint density at radius 2 is 1.91 bits per heavy atom. The third-order valence-electron chi connectivity index (χ3n) is 5.19. The van der Waals surface area contributed by atoms with E-state index in [9.17, 15) is 19.7 Å². The van der Waals surface area contributed by atoms with Gasteiger partial charge in [-0.25, -0.2) is 9.78 Å². The van der Waals surface area contributed by atoms with Gasteiger partial charge in [0, 0.05) is 36.0 Å². The fraction of sp³-hybridized carbons (Fsp3) is 0.182. The number of benzene rings is 1. The number of nitro benzene ring substituents is 1. The second kappa shape index (κ2) is 9.25. The topological polar surface area (TPSA) is 140 Å².